The number of benzene rings is 2. The van der Waals surface area contributed by atoms with Crippen LogP contribution >= 0.6 is 0 Å². The van der Waals surface area contributed by atoms with E-state index in [1.807, 2.05) is 0 Å². The average molecular weight is 471 g/mol. The summed E-state index contributed by atoms with van der Waals surface area (Å²) in [4.78, 5) is 0. The first kappa shape index (κ1) is 27.1. The average Bonchev–Trinajstić information content (AvgIpc) is 3.12. The molecule has 0 spiro atoms. The Kier molecular flexibility index (Phi) is 11.0. The van der Waals surface area contributed by atoms with Gasteiger partial charge in [-0.15, -0.1) is 0 Å². The van der Waals surface area contributed by atoms with Gasteiger partial charge in [0.1, 0.15) is 0 Å². The molecule has 0 aliphatic carbocycles. The van der Waals surface area contributed by atoms with Crippen LogP contribution < -0.4 is 0 Å². The Morgan fingerprint density at radius 2 is 1.11 bits per heavy atom. The van der Waals surface area contributed by atoms with Gasteiger partial charge in [0.15, 0.2) is 0 Å². The van der Waals surface area contributed by atoms with Crippen molar-refractivity contribution in [3.8, 4) is 0 Å². The Morgan fingerprint density at radius 3 is 1.69 bits per heavy atom. The first-order chi connectivity index (χ1) is 17.1. The van der Waals surface area contributed by atoms with Crippen LogP contribution in [0.1, 0.15) is 121 Å². The quantitative estimate of drug-likeness (QED) is 0.183. The zero-order chi connectivity index (χ0) is 25.0. The van der Waals surface area contributed by atoms with Crippen molar-refractivity contribution >= 4 is 11.4 Å². The van der Waals surface area contributed by atoms with E-state index in [9.17, 15) is 5.53 Å². The minimum Gasteiger partial charge on any atom is -0.493 e. The molecule has 35 heavy (non-hydrogen) atoms. The van der Waals surface area contributed by atoms with Crippen LogP contribution in [0.5, 0.6) is 0 Å². The van der Waals surface area contributed by atoms with Crippen LogP contribution in [0.3, 0.4) is 0 Å². The van der Waals surface area contributed by atoms with Gasteiger partial charge in [-0.25, -0.2) is 4.70 Å². The van der Waals surface area contributed by atoms with Gasteiger partial charge in [-0.05, 0) is 80.8 Å². The van der Waals surface area contributed by atoms with E-state index < -0.39 is 0 Å². The number of unbranched alkanes of at least 4 members (excludes halogenated alkanes) is 7. The number of aryl methyl sites for hydroxylation is 2. The highest BCUT2D eigenvalue weighted by Crippen LogP contribution is 2.42. The largest absolute Gasteiger partial charge is 0.493 e. The zero-order valence-corrected chi connectivity index (χ0v) is 22.7. The van der Waals surface area contributed by atoms with Crippen molar-refractivity contribution < 1.29 is 4.70 Å². The van der Waals surface area contributed by atoms with Crippen LogP contribution in [0, 0.1) is 0 Å². The third kappa shape index (κ3) is 7.26. The Balaban J connectivity index is 1.93. The lowest BCUT2D eigenvalue weighted by Gasteiger charge is -2.11. The molecule has 0 radical (unpaired) electrons. The predicted octanol–water partition coefficient (Wildman–Crippen LogP) is 10.3. The third-order valence-electron chi connectivity index (χ3n) is 7.34. The van der Waals surface area contributed by atoms with E-state index in [2.05, 4.69) is 76.2 Å². The lowest BCUT2D eigenvalue weighted by molar-refractivity contribution is -0.345. The number of hydrogen-bond donors (Lipinski definition) is 0. The molecular formula is C33H46N2. The fraction of sp³-hybridized carbons (Fsp3) is 0.515. The molecule has 0 fully saturated rings. The molecule has 0 amide bonds. The van der Waals surface area contributed by atoms with Gasteiger partial charge >= 0.3 is 0 Å². The predicted molar refractivity (Wildman–Crippen MR) is 151 cm³/mol. The smallest absolute Gasteiger partial charge is 0.211 e. The summed E-state index contributed by atoms with van der Waals surface area (Å²) in [5, 5.41) is 0. The van der Waals surface area contributed by atoms with Crippen LogP contribution in [0.2, 0.25) is 0 Å². The van der Waals surface area contributed by atoms with Crippen LogP contribution in [0.25, 0.3) is 16.9 Å². The number of nitrogens with zero attached hydrogens (tertiary/aromatic N) is 2. The van der Waals surface area contributed by atoms with E-state index in [0.717, 1.165) is 41.8 Å². The van der Waals surface area contributed by atoms with E-state index in [0.29, 0.717) is 0 Å². The number of allylic oxidation sites excluding steroid dienone is 2. The lowest BCUT2D eigenvalue weighted by atomic mass is 9.94. The number of hydrogen-bond acceptors (Lipinski definition) is 0. The van der Waals surface area contributed by atoms with Crippen molar-refractivity contribution in [2.24, 2.45) is 0 Å². The molecule has 1 aliphatic rings. The van der Waals surface area contributed by atoms with Crippen LogP contribution in [-0.4, -0.2) is 4.70 Å². The maximum absolute atomic E-state index is 11.6. The molecule has 0 atom stereocenters. The van der Waals surface area contributed by atoms with Crippen molar-refractivity contribution in [2.45, 2.75) is 111 Å². The van der Waals surface area contributed by atoms with Crippen LogP contribution in [0.15, 0.2) is 59.7 Å². The van der Waals surface area contributed by atoms with Crippen molar-refractivity contribution in [1.82, 2.24) is 0 Å². The normalized spacial score (nSPS) is 13.9. The Labute approximate surface area is 214 Å². The molecule has 1 heterocycles. The fourth-order valence-corrected chi connectivity index (χ4v) is 5.25. The van der Waals surface area contributed by atoms with Gasteiger partial charge in [-0.3, -0.25) is 0 Å². The highest BCUT2D eigenvalue weighted by molar-refractivity contribution is 5.81. The summed E-state index contributed by atoms with van der Waals surface area (Å²) in [6.45, 7) is 8.96. The van der Waals surface area contributed by atoms with Gasteiger partial charge < -0.3 is 5.53 Å². The number of rotatable bonds is 15. The topological polar surface area (TPSA) is 25.3 Å². The van der Waals surface area contributed by atoms with Gasteiger partial charge in [-0.2, -0.15) is 0 Å². The summed E-state index contributed by atoms with van der Waals surface area (Å²) in [6.07, 6.45) is 15.7. The van der Waals surface area contributed by atoms with Gasteiger partial charge in [-0.1, -0.05) is 90.0 Å². The highest BCUT2D eigenvalue weighted by Gasteiger charge is 2.33. The second kappa shape index (κ2) is 14.2. The molecule has 0 saturated heterocycles. The highest BCUT2D eigenvalue weighted by atomic mass is 15.2. The van der Waals surface area contributed by atoms with E-state index in [1.165, 1.54) is 91.2 Å². The molecule has 0 saturated carbocycles. The van der Waals surface area contributed by atoms with E-state index in [-0.39, 0.29) is 0 Å². The SMILES string of the molecule is CCCCCCCCC1=C(c2cccc(CCCC)c2)[N+](=[N-])C(c2cccc(CCCC)c2)=C1C. The summed E-state index contributed by atoms with van der Waals surface area (Å²) in [7, 11) is 0. The summed E-state index contributed by atoms with van der Waals surface area (Å²) >= 11 is 0. The minimum atomic E-state index is 0.957. The van der Waals surface area contributed by atoms with Gasteiger partial charge in [0.25, 0.3) is 0 Å². The van der Waals surface area contributed by atoms with Gasteiger partial charge in [0.2, 0.25) is 11.4 Å². The molecule has 188 valence electrons. The molecule has 0 aromatic heterocycles. The Morgan fingerprint density at radius 1 is 0.600 bits per heavy atom. The van der Waals surface area contributed by atoms with E-state index in [1.54, 1.807) is 0 Å². The maximum atomic E-state index is 11.6. The second-order valence-corrected chi connectivity index (χ2v) is 10.2. The molecule has 3 rings (SSSR count). The zero-order valence-electron chi connectivity index (χ0n) is 22.7. The first-order valence-corrected chi connectivity index (χ1v) is 14.2. The standard InChI is InChI=1S/C33H46N2/c1-5-8-11-12-13-14-23-31-26(4)32(29-21-15-19-27(24-29)17-9-6-2)35(34)33(31)30-22-16-20-28(25-30)18-10-7-3/h15-16,19-22,24-25H,5-14,17-18,23H2,1-4H3. The Hall–Kier alpha value is -2.48. The second-order valence-electron chi connectivity index (χ2n) is 10.2. The third-order valence-corrected chi connectivity index (χ3v) is 7.34. The molecule has 0 unspecified atom stereocenters. The molecule has 2 aromatic carbocycles. The van der Waals surface area contributed by atoms with Crippen molar-refractivity contribution in [1.29, 1.82) is 0 Å². The van der Waals surface area contributed by atoms with E-state index in [4.69, 9.17) is 0 Å². The Bertz CT molecular complexity index is 1040. The van der Waals surface area contributed by atoms with Crippen molar-refractivity contribution in [2.75, 3.05) is 0 Å². The summed E-state index contributed by atoms with van der Waals surface area (Å²) in [5.41, 5.74) is 21.1. The van der Waals surface area contributed by atoms with Crippen LogP contribution in [0.4, 0.5) is 0 Å². The van der Waals surface area contributed by atoms with Crippen LogP contribution in [-0.2, 0) is 12.8 Å². The first-order valence-electron chi connectivity index (χ1n) is 14.2. The minimum absolute atomic E-state index is 0.957. The molecule has 2 aromatic rings. The van der Waals surface area contributed by atoms with E-state index >= 15 is 0 Å². The summed E-state index contributed by atoms with van der Waals surface area (Å²) < 4.78 is 1.50. The van der Waals surface area contributed by atoms with Crippen molar-refractivity contribution in [3.63, 3.8) is 0 Å². The van der Waals surface area contributed by atoms with Crippen molar-refractivity contribution in [3.05, 3.63) is 87.5 Å². The molecule has 0 bridgehead atoms. The fourth-order valence-electron chi connectivity index (χ4n) is 5.25. The maximum Gasteiger partial charge on any atom is 0.211 e. The molecular weight excluding hydrogens is 424 g/mol. The van der Waals surface area contributed by atoms with Gasteiger partial charge in [0.05, 0.1) is 0 Å². The molecule has 0 N–H and O–H groups in total. The summed E-state index contributed by atoms with van der Waals surface area (Å²) in [5.74, 6) is 0. The summed E-state index contributed by atoms with van der Waals surface area (Å²) in [6, 6.07) is 17.6. The molecule has 2 heteroatoms. The molecule has 2 nitrogen and oxygen atoms in total. The molecule has 1 aliphatic heterocycles. The van der Waals surface area contributed by atoms with Gasteiger partial charge in [0, 0.05) is 22.3 Å². The lowest BCUT2D eigenvalue weighted by Crippen LogP contribution is -2.03. The monoisotopic (exact) mass is 470 g/mol.